The number of likely N-dealkylation sites (N-methyl/N-ethyl adjacent to an activating group) is 1. The second-order valence-corrected chi connectivity index (χ2v) is 8.68. The second-order valence-electron chi connectivity index (χ2n) is 8.28. The maximum absolute atomic E-state index is 13.8. The highest BCUT2D eigenvalue weighted by atomic mass is 35.5. The van der Waals surface area contributed by atoms with Crippen LogP contribution in [0.3, 0.4) is 0 Å². The fourth-order valence-electron chi connectivity index (χ4n) is 4.08. The third-order valence-corrected chi connectivity index (χ3v) is 6.13. The van der Waals surface area contributed by atoms with Crippen molar-refractivity contribution in [3.05, 3.63) is 69.2 Å². The van der Waals surface area contributed by atoms with Crippen LogP contribution in [-0.2, 0) is 15.8 Å². The van der Waals surface area contributed by atoms with E-state index >= 15 is 0 Å². The Morgan fingerprint density at radius 1 is 1.16 bits per heavy atom. The highest BCUT2D eigenvalue weighted by Gasteiger charge is 2.46. The van der Waals surface area contributed by atoms with E-state index in [4.69, 9.17) is 11.6 Å². The van der Waals surface area contributed by atoms with Crippen LogP contribution in [0.2, 0.25) is 0 Å². The van der Waals surface area contributed by atoms with Crippen LogP contribution in [0.1, 0.15) is 30.5 Å². The molecule has 2 aliphatic rings. The van der Waals surface area contributed by atoms with E-state index in [0.29, 0.717) is 17.3 Å². The monoisotopic (exact) mass is 575 g/mol. The molecule has 1 aromatic rings. The van der Waals surface area contributed by atoms with Crippen molar-refractivity contribution in [2.24, 2.45) is 0 Å². The summed E-state index contributed by atoms with van der Waals surface area (Å²) in [6.45, 7) is 0.705. The first-order valence-corrected chi connectivity index (χ1v) is 11.3. The number of halogens is 10. The summed E-state index contributed by atoms with van der Waals surface area (Å²) in [4.78, 5) is 26.6. The van der Waals surface area contributed by atoms with Crippen molar-refractivity contribution >= 4 is 23.4 Å². The van der Waals surface area contributed by atoms with Gasteiger partial charge in [0, 0.05) is 24.2 Å². The summed E-state index contributed by atoms with van der Waals surface area (Å²) in [7, 11) is 0. The summed E-state index contributed by atoms with van der Waals surface area (Å²) in [5.41, 5.74) is -2.45. The fourth-order valence-corrected chi connectivity index (χ4v) is 4.33. The normalized spacial score (nSPS) is 18.7. The number of carbonyl (C=O) groups excluding carboxylic acids is 2. The Bertz CT molecular complexity index is 1210. The molecule has 38 heavy (non-hydrogen) atoms. The van der Waals surface area contributed by atoms with Gasteiger partial charge < -0.3 is 15.5 Å². The lowest BCUT2D eigenvalue weighted by atomic mass is 9.97. The number of allylic oxidation sites excluding steroid dienone is 3. The molecule has 2 unspecified atom stereocenters. The molecule has 0 spiro atoms. The van der Waals surface area contributed by atoms with Gasteiger partial charge in [0.25, 0.3) is 6.43 Å². The van der Waals surface area contributed by atoms with Crippen LogP contribution in [0.15, 0.2) is 52.2 Å². The summed E-state index contributed by atoms with van der Waals surface area (Å²) in [5.74, 6) is -3.91. The Hall–Kier alpha value is -3.16. The van der Waals surface area contributed by atoms with E-state index in [1.807, 2.05) is 5.32 Å². The first-order chi connectivity index (χ1) is 17.5. The van der Waals surface area contributed by atoms with Crippen molar-refractivity contribution in [2.45, 2.75) is 44.2 Å². The highest BCUT2D eigenvalue weighted by molar-refractivity contribution is 6.33. The number of nitrogens with zero attached hydrogens (tertiary/aromatic N) is 1. The summed E-state index contributed by atoms with van der Waals surface area (Å²) < 4.78 is 119. The molecule has 208 valence electrons. The van der Waals surface area contributed by atoms with Gasteiger partial charge in [-0.3, -0.25) is 9.59 Å². The van der Waals surface area contributed by atoms with E-state index in [2.05, 4.69) is 0 Å². The van der Waals surface area contributed by atoms with Gasteiger partial charge in [-0.2, -0.15) is 26.3 Å². The third kappa shape index (κ3) is 6.27. The lowest BCUT2D eigenvalue weighted by Crippen LogP contribution is -2.47. The predicted molar refractivity (Wildman–Crippen MR) is 117 cm³/mol. The minimum absolute atomic E-state index is 0.0191. The van der Waals surface area contributed by atoms with Gasteiger partial charge in [-0.1, -0.05) is 17.7 Å². The first kappa shape index (κ1) is 29.4. The lowest BCUT2D eigenvalue weighted by Gasteiger charge is -2.30. The topological polar surface area (TPSA) is 61.4 Å². The molecule has 0 radical (unpaired) electrons. The zero-order chi connectivity index (χ0) is 28.6. The van der Waals surface area contributed by atoms with Gasteiger partial charge in [-0.25, -0.2) is 13.2 Å². The quantitative estimate of drug-likeness (QED) is 0.431. The van der Waals surface area contributed by atoms with E-state index in [9.17, 15) is 49.1 Å². The number of fused-ring (bicyclic) bond motifs is 1. The third-order valence-electron chi connectivity index (χ3n) is 5.80. The van der Waals surface area contributed by atoms with Crippen LogP contribution in [-0.4, -0.2) is 48.4 Å². The van der Waals surface area contributed by atoms with Gasteiger partial charge in [-0.15, -0.1) is 0 Å². The molecular formula is C23H19ClF9N3O2. The Balaban J connectivity index is 1.89. The Kier molecular flexibility index (Phi) is 8.44. The number of nitrogens with one attached hydrogen (secondary N) is 2. The van der Waals surface area contributed by atoms with Gasteiger partial charge in [0.05, 0.1) is 17.1 Å². The van der Waals surface area contributed by atoms with E-state index in [0.717, 1.165) is 0 Å². The van der Waals surface area contributed by atoms with Crippen molar-refractivity contribution < 1.29 is 49.1 Å². The summed E-state index contributed by atoms with van der Waals surface area (Å²) >= 11 is 6.13. The van der Waals surface area contributed by atoms with Crippen molar-refractivity contribution in [1.82, 2.24) is 15.5 Å². The largest absolute Gasteiger partial charge is 0.419 e. The number of hydrogen-bond donors (Lipinski definition) is 2. The Morgan fingerprint density at radius 2 is 1.82 bits per heavy atom. The fraction of sp³-hybridized carbons (Fsp3) is 0.391. The van der Waals surface area contributed by atoms with Gasteiger partial charge >= 0.3 is 12.4 Å². The molecule has 1 aliphatic heterocycles. The number of hydrogen-bond acceptors (Lipinski definition) is 3. The van der Waals surface area contributed by atoms with Crippen LogP contribution in [0.4, 0.5) is 39.5 Å². The Labute approximate surface area is 215 Å². The number of carbonyl (C=O) groups is 2. The Morgan fingerprint density at radius 3 is 2.37 bits per heavy atom. The van der Waals surface area contributed by atoms with Gasteiger partial charge in [0.15, 0.2) is 6.04 Å². The predicted octanol–water partition coefficient (Wildman–Crippen LogP) is 5.36. The molecule has 0 saturated heterocycles. The maximum Gasteiger partial charge on any atom is 0.419 e. The van der Waals surface area contributed by atoms with Crippen molar-refractivity contribution in [3.63, 3.8) is 0 Å². The molecule has 2 amide bonds. The van der Waals surface area contributed by atoms with Crippen LogP contribution >= 0.6 is 11.6 Å². The summed E-state index contributed by atoms with van der Waals surface area (Å²) in [5, 5.41) is 3.56. The average molecular weight is 576 g/mol. The zero-order valence-corrected chi connectivity index (χ0v) is 20.0. The van der Waals surface area contributed by atoms with Crippen molar-refractivity contribution in [2.75, 3.05) is 13.1 Å². The standard InChI is InChI=1S/C23H19ClF9N3O2/c1-2-36-16-8-14(24)12(20(37)34-9-18(26)27)5-11(16)7-17(36)21(38)35-19(23(31,32)33)10-3-4-15(25)13(6-10)22(28,29)30/h3-4,6-8,17-19H,2,5,9H2,1H3,(H,34,37)(H,35,38). The molecule has 2 N–H and O–H groups in total. The van der Waals surface area contributed by atoms with E-state index in [1.54, 1.807) is 12.2 Å². The molecule has 3 rings (SSSR count). The van der Waals surface area contributed by atoms with Crippen molar-refractivity contribution in [3.8, 4) is 0 Å². The number of alkyl halides is 8. The first-order valence-electron chi connectivity index (χ1n) is 10.9. The van der Waals surface area contributed by atoms with Gasteiger partial charge in [0.1, 0.15) is 11.9 Å². The SMILES string of the molecule is CCN1C2=CC(Cl)=C(C(=O)NCC(F)F)CC2=CC1C(=O)NC(c1ccc(F)c(C(F)(F)F)c1)C(F)(F)F. The molecule has 0 fully saturated rings. The van der Waals surface area contributed by atoms with Gasteiger partial charge in [0.2, 0.25) is 11.8 Å². The van der Waals surface area contributed by atoms with E-state index < -0.39 is 66.2 Å². The maximum atomic E-state index is 13.8. The van der Waals surface area contributed by atoms with Crippen LogP contribution in [0.5, 0.6) is 0 Å². The molecule has 0 bridgehead atoms. The van der Waals surface area contributed by atoms with E-state index in [1.165, 1.54) is 17.1 Å². The molecule has 1 heterocycles. The van der Waals surface area contributed by atoms with Gasteiger partial charge in [-0.05, 0) is 42.3 Å². The molecule has 2 atom stereocenters. The minimum Gasteiger partial charge on any atom is -0.356 e. The van der Waals surface area contributed by atoms with Crippen LogP contribution in [0.25, 0.3) is 0 Å². The average Bonchev–Trinajstić information content (AvgIpc) is 3.16. The highest BCUT2D eigenvalue weighted by Crippen LogP contribution is 2.40. The van der Waals surface area contributed by atoms with Crippen LogP contribution < -0.4 is 10.6 Å². The lowest BCUT2D eigenvalue weighted by molar-refractivity contribution is -0.164. The molecular weight excluding hydrogens is 557 g/mol. The zero-order valence-electron chi connectivity index (χ0n) is 19.3. The second kappa shape index (κ2) is 10.9. The smallest absolute Gasteiger partial charge is 0.356 e. The molecule has 1 aliphatic carbocycles. The minimum atomic E-state index is -5.27. The molecule has 15 heteroatoms. The van der Waals surface area contributed by atoms with Crippen molar-refractivity contribution in [1.29, 1.82) is 0 Å². The molecule has 0 aromatic heterocycles. The summed E-state index contributed by atoms with van der Waals surface area (Å²) in [6, 6.07) is -3.57. The molecule has 0 saturated carbocycles. The van der Waals surface area contributed by atoms with E-state index in [-0.39, 0.29) is 35.7 Å². The summed E-state index contributed by atoms with van der Waals surface area (Å²) in [6.07, 6.45) is -11.0. The number of rotatable bonds is 7. The molecule has 5 nitrogen and oxygen atoms in total. The molecule has 1 aromatic carbocycles. The number of amides is 2. The number of benzene rings is 1. The van der Waals surface area contributed by atoms with Crippen LogP contribution in [0, 0.1) is 5.82 Å².